The maximum Gasteiger partial charge on any atom is 0.194 e. The Bertz CT molecular complexity index is 653. The molecule has 3 aromatic heterocycles. The van der Waals surface area contributed by atoms with Crippen LogP contribution in [0.15, 0.2) is 34.1 Å². The molecule has 0 radical (unpaired) electrons. The molecule has 6 heteroatoms. The summed E-state index contributed by atoms with van der Waals surface area (Å²) in [4.78, 5) is 5.54. The van der Waals surface area contributed by atoms with Gasteiger partial charge in [-0.15, -0.1) is 16.4 Å². The van der Waals surface area contributed by atoms with Crippen molar-refractivity contribution in [1.82, 2.24) is 14.8 Å². The van der Waals surface area contributed by atoms with Crippen LogP contribution in [0.25, 0.3) is 22.3 Å². The van der Waals surface area contributed by atoms with Crippen molar-refractivity contribution in [2.24, 2.45) is 12.8 Å². The lowest BCUT2D eigenvalue weighted by molar-refractivity contribution is 0.518. The average molecular weight is 260 g/mol. The average Bonchev–Trinajstić information content (AvgIpc) is 3.08. The summed E-state index contributed by atoms with van der Waals surface area (Å²) in [7, 11) is 1.85. The summed E-state index contributed by atoms with van der Waals surface area (Å²) in [6.07, 6.45) is 0. The Morgan fingerprint density at radius 1 is 1.39 bits per heavy atom. The first-order valence-electron chi connectivity index (χ1n) is 5.52. The van der Waals surface area contributed by atoms with Crippen LogP contribution in [0, 0.1) is 0 Å². The first kappa shape index (κ1) is 11.2. The number of rotatable bonds is 3. The van der Waals surface area contributed by atoms with Crippen LogP contribution >= 0.6 is 11.3 Å². The molecule has 0 amide bonds. The van der Waals surface area contributed by atoms with Crippen molar-refractivity contribution in [1.29, 1.82) is 0 Å². The lowest BCUT2D eigenvalue weighted by atomic mass is 10.4. The molecule has 3 heterocycles. The van der Waals surface area contributed by atoms with Gasteiger partial charge in [-0.2, -0.15) is 0 Å². The van der Waals surface area contributed by atoms with E-state index >= 15 is 0 Å². The monoisotopic (exact) mass is 260 g/mol. The molecular formula is C12H12N4OS. The van der Waals surface area contributed by atoms with E-state index < -0.39 is 0 Å². The topological polar surface area (TPSA) is 69.9 Å². The molecule has 18 heavy (non-hydrogen) atoms. The van der Waals surface area contributed by atoms with Crippen molar-refractivity contribution in [3.63, 3.8) is 0 Å². The second kappa shape index (κ2) is 4.40. The molecule has 0 aliphatic rings. The van der Waals surface area contributed by atoms with Crippen LogP contribution in [0.4, 0.5) is 0 Å². The van der Waals surface area contributed by atoms with Gasteiger partial charge in [0.25, 0.3) is 0 Å². The van der Waals surface area contributed by atoms with Crippen LogP contribution in [0.2, 0.25) is 0 Å². The second-order valence-corrected chi connectivity index (χ2v) is 4.78. The Morgan fingerprint density at radius 3 is 2.94 bits per heavy atom. The Hall–Kier alpha value is -1.92. The molecule has 0 saturated heterocycles. The third kappa shape index (κ3) is 1.85. The highest BCUT2D eigenvalue weighted by molar-refractivity contribution is 7.13. The molecule has 0 fully saturated rings. The summed E-state index contributed by atoms with van der Waals surface area (Å²) >= 11 is 1.61. The number of furan rings is 1. The van der Waals surface area contributed by atoms with Crippen molar-refractivity contribution < 1.29 is 4.42 Å². The van der Waals surface area contributed by atoms with Gasteiger partial charge in [0, 0.05) is 7.05 Å². The van der Waals surface area contributed by atoms with Gasteiger partial charge in [0.05, 0.1) is 11.4 Å². The Morgan fingerprint density at radius 2 is 2.28 bits per heavy atom. The number of aryl methyl sites for hydroxylation is 1. The summed E-state index contributed by atoms with van der Waals surface area (Å²) in [5.74, 6) is 2.85. The van der Waals surface area contributed by atoms with Crippen molar-refractivity contribution in [2.75, 3.05) is 0 Å². The highest BCUT2D eigenvalue weighted by Gasteiger charge is 2.14. The molecule has 3 rings (SSSR count). The van der Waals surface area contributed by atoms with Crippen LogP contribution in [0.5, 0.6) is 0 Å². The van der Waals surface area contributed by atoms with E-state index in [1.165, 1.54) is 0 Å². The molecule has 92 valence electrons. The van der Waals surface area contributed by atoms with E-state index in [1.807, 2.05) is 36.7 Å². The zero-order valence-corrected chi connectivity index (χ0v) is 10.6. The maximum absolute atomic E-state index is 5.59. The largest absolute Gasteiger partial charge is 0.456 e. The molecule has 0 aliphatic heterocycles. The highest BCUT2D eigenvalue weighted by atomic mass is 32.1. The molecule has 0 saturated carbocycles. The van der Waals surface area contributed by atoms with Gasteiger partial charge in [0.1, 0.15) is 5.76 Å². The third-order valence-corrected chi connectivity index (χ3v) is 3.45. The molecule has 3 aromatic rings. The van der Waals surface area contributed by atoms with Gasteiger partial charge >= 0.3 is 0 Å². The van der Waals surface area contributed by atoms with Gasteiger partial charge in [-0.05, 0) is 23.6 Å². The van der Waals surface area contributed by atoms with Gasteiger partial charge in [-0.1, -0.05) is 6.07 Å². The smallest absolute Gasteiger partial charge is 0.194 e. The lowest BCUT2D eigenvalue weighted by Crippen LogP contribution is -1.94. The summed E-state index contributed by atoms with van der Waals surface area (Å²) in [6.45, 7) is 0.385. The van der Waals surface area contributed by atoms with E-state index in [1.54, 1.807) is 16.0 Å². The minimum absolute atomic E-state index is 0.385. The second-order valence-electron chi connectivity index (χ2n) is 3.83. The molecule has 0 spiro atoms. The first-order valence-corrected chi connectivity index (χ1v) is 6.40. The van der Waals surface area contributed by atoms with E-state index in [4.69, 9.17) is 10.2 Å². The molecule has 0 aromatic carbocycles. The predicted molar refractivity (Wildman–Crippen MR) is 69.9 cm³/mol. The highest BCUT2D eigenvalue weighted by Crippen LogP contribution is 2.25. The summed E-state index contributed by atoms with van der Waals surface area (Å²) < 4.78 is 7.30. The van der Waals surface area contributed by atoms with Crippen LogP contribution in [-0.2, 0) is 13.6 Å². The Labute approximate surface area is 108 Å². The van der Waals surface area contributed by atoms with Crippen molar-refractivity contribution in [2.45, 2.75) is 6.54 Å². The Kier molecular flexibility index (Phi) is 2.73. The predicted octanol–water partition coefficient (Wildman–Crippen LogP) is 2.26. The van der Waals surface area contributed by atoms with Gasteiger partial charge in [-0.3, -0.25) is 0 Å². The molecule has 0 bridgehead atoms. The standard InChI is InChI=1S/C12H12N4OS/c1-16-12(9-5-4-8(7-13)17-9)14-11(15-16)10-3-2-6-18-10/h2-6H,7,13H2,1H3. The number of aromatic nitrogens is 3. The van der Waals surface area contributed by atoms with Gasteiger partial charge in [-0.25, -0.2) is 9.67 Å². The SMILES string of the molecule is Cn1nc(-c2cccs2)nc1-c1ccc(CN)o1. The van der Waals surface area contributed by atoms with E-state index in [0.717, 1.165) is 10.6 Å². The van der Waals surface area contributed by atoms with Gasteiger partial charge < -0.3 is 10.2 Å². The summed E-state index contributed by atoms with van der Waals surface area (Å²) in [5, 5.41) is 6.39. The van der Waals surface area contributed by atoms with Crippen molar-refractivity contribution in [3.05, 3.63) is 35.4 Å². The minimum Gasteiger partial charge on any atom is -0.456 e. The minimum atomic E-state index is 0.385. The van der Waals surface area contributed by atoms with Crippen LogP contribution in [0.3, 0.4) is 0 Å². The number of nitrogens with two attached hydrogens (primary N) is 1. The molecule has 2 N–H and O–H groups in total. The zero-order chi connectivity index (χ0) is 12.5. The first-order chi connectivity index (χ1) is 8.78. The van der Waals surface area contributed by atoms with Crippen molar-refractivity contribution >= 4 is 11.3 Å². The quantitative estimate of drug-likeness (QED) is 0.784. The van der Waals surface area contributed by atoms with E-state index in [9.17, 15) is 0 Å². The fraction of sp³-hybridized carbons (Fsp3) is 0.167. The molecule has 5 nitrogen and oxygen atoms in total. The fourth-order valence-electron chi connectivity index (χ4n) is 1.72. The van der Waals surface area contributed by atoms with Crippen LogP contribution in [-0.4, -0.2) is 14.8 Å². The van der Waals surface area contributed by atoms with E-state index in [-0.39, 0.29) is 0 Å². The van der Waals surface area contributed by atoms with Crippen LogP contribution in [0.1, 0.15) is 5.76 Å². The maximum atomic E-state index is 5.59. The van der Waals surface area contributed by atoms with Crippen molar-refractivity contribution in [3.8, 4) is 22.3 Å². The fourth-order valence-corrected chi connectivity index (χ4v) is 2.37. The third-order valence-electron chi connectivity index (χ3n) is 2.59. The number of thiophene rings is 1. The molecular weight excluding hydrogens is 248 g/mol. The molecule has 0 aliphatic carbocycles. The number of nitrogens with zero attached hydrogens (tertiary/aromatic N) is 3. The zero-order valence-electron chi connectivity index (χ0n) is 9.83. The Balaban J connectivity index is 2.03. The molecule has 0 atom stereocenters. The lowest BCUT2D eigenvalue weighted by Gasteiger charge is -1.94. The normalized spacial score (nSPS) is 11.0. The van der Waals surface area contributed by atoms with Gasteiger partial charge in [0.15, 0.2) is 17.4 Å². The molecule has 0 unspecified atom stereocenters. The number of hydrogen-bond acceptors (Lipinski definition) is 5. The summed E-state index contributed by atoms with van der Waals surface area (Å²) in [6, 6.07) is 7.70. The summed E-state index contributed by atoms with van der Waals surface area (Å²) in [5.41, 5.74) is 5.53. The van der Waals surface area contributed by atoms with E-state index in [2.05, 4.69) is 10.1 Å². The van der Waals surface area contributed by atoms with Gasteiger partial charge in [0.2, 0.25) is 0 Å². The van der Waals surface area contributed by atoms with Crippen LogP contribution < -0.4 is 5.73 Å². The number of hydrogen-bond donors (Lipinski definition) is 1. The van der Waals surface area contributed by atoms with E-state index in [0.29, 0.717) is 24.0 Å².